The van der Waals surface area contributed by atoms with E-state index in [9.17, 15) is 8.42 Å². The van der Waals surface area contributed by atoms with Crippen LogP contribution in [0.3, 0.4) is 0 Å². The van der Waals surface area contributed by atoms with Crippen molar-refractivity contribution in [3.05, 3.63) is 28.8 Å². The summed E-state index contributed by atoms with van der Waals surface area (Å²) in [7, 11) is -2.85. The largest absolute Gasteiger partial charge is 0.381 e. The van der Waals surface area contributed by atoms with E-state index in [-0.39, 0.29) is 11.8 Å². The molecule has 100 valence electrons. The first kappa shape index (κ1) is 13.4. The van der Waals surface area contributed by atoms with Crippen molar-refractivity contribution in [2.75, 3.05) is 16.8 Å². The minimum absolute atomic E-state index is 0.0591. The van der Waals surface area contributed by atoms with E-state index in [0.717, 1.165) is 18.5 Å². The monoisotopic (exact) mass is 267 g/mol. The Bertz CT molecular complexity index is 526. The Hall–Kier alpha value is -1.03. The first-order valence-electron chi connectivity index (χ1n) is 6.42. The third-order valence-corrected chi connectivity index (χ3v) is 5.31. The number of rotatable bonds is 2. The third kappa shape index (κ3) is 3.05. The Kier molecular flexibility index (Phi) is 3.66. The number of benzene rings is 1. The number of hydrogen-bond donors (Lipinski definition) is 1. The first-order valence-corrected chi connectivity index (χ1v) is 8.24. The summed E-state index contributed by atoms with van der Waals surface area (Å²) in [6.45, 7) is 6.22. The van der Waals surface area contributed by atoms with E-state index in [4.69, 9.17) is 0 Å². The van der Waals surface area contributed by atoms with Crippen LogP contribution in [-0.2, 0) is 9.84 Å². The van der Waals surface area contributed by atoms with Crippen LogP contribution in [0.15, 0.2) is 12.1 Å². The standard InChI is InChI=1S/C14H21NO2S/c1-10-7-11(2)14(12(3)8-10)15-13-5-4-6-18(16,17)9-13/h7-8,13,15H,4-6,9H2,1-3H3. The molecule has 0 aliphatic carbocycles. The summed E-state index contributed by atoms with van der Waals surface area (Å²) in [5.41, 5.74) is 4.72. The van der Waals surface area contributed by atoms with Crippen LogP contribution in [0.25, 0.3) is 0 Å². The predicted octanol–water partition coefficient (Wildman–Crippen LogP) is 2.60. The van der Waals surface area contributed by atoms with Gasteiger partial charge in [0.15, 0.2) is 9.84 Å². The van der Waals surface area contributed by atoms with Gasteiger partial charge in [0.05, 0.1) is 11.5 Å². The van der Waals surface area contributed by atoms with Crippen molar-refractivity contribution in [2.24, 2.45) is 0 Å². The van der Waals surface area contributed by atoms with Gasteiger partial charge in [-0.3, -0.25) is 0 Å². The Labute approximate surface area is 110 Å². The molecule has 0 amide bonds. The minimum Gasteiger partial charge on any atom is -0.381 e. The molecule has 1 heterocycles. The molecule has 0 bridgehead atoms. The number of anilines is 1. The van der Waals surface area contributed by atoms with E-state index in [1.807, 2.05) is 0 Å². The summed E-state index contributed by atoms with van der Waals surface area (Å²) < 4.78 is 23.3. The summed E-state index contributed by atoms with van der Waals surface area (Å²) in [5, 5.41) is 3.42. The number of hydrogen-bond acceptors (Lipinski definition) is 3. The average molecular weight is 267 g/mol. The minimum atomic E-state index is -2.85. The fourth-order valence-electron chi connectivity index (χ4n) is 2.75. The maximum absolute atomic E-state index is 11.6. The van der Waals surface area contributed by atoms with E-state index < -0.39 is 9.84 Å². The molecule has 1 aromatic rings. The van der Waals surface area contributed by atoms with E-state index in [2.05, 4.69) is 38.2 Å². The second-order valence-corrected chi connectivity index (χ2v) is 7.60. The van der Waals surface area contributed by atoms with Crippen LogP contribution in [0.4, 0.5) is 5.69 Å². The molecule has 0 aromatic heterocycles. The van der Waals surface area contributed by atoms with Crippen LogP contribution < -0.4 is 5.32 Å². The van der Waals surface area contributed by atoms with Crippen molar-refractivity contribution in [2.45, 2.75) is 39.7 Å². The molecule has 3 nitrogen and oxygen atoms in total. The lowest BCUT2D eigenvalue weighted by Gasteiger charge is -2.26. The Morgan fingerprint density at radius 1 is 1.17 bits per heavy atom. The zero-order valence-corrected chi connectivity index (χ0v) is 12.1. The highest BCUT2D eigenvalue weighted by atomic mass is 32.2. The van der Waals surface area contributed by atoms with Crippen LogP contribution in [0.5, 0.6) is 0 Å². The third-order valence-electron chi connectivity index (χ3n) is 3.49. The summed E-state index contributed by atoms with van der Waals surface area (Å²) in [4.78, 5) is 0. The molecule has 1 N–H and O–H groups in total. The van der Waals surface area contributed by atoms with Gasteiger partial charge in [-0.2, -0.15) is 0 Å². The second-order valence-electron chi connectivity index (χ2n) is 5.37. The number of nitrogens with one attached hydrogen (secondary N) is 1. The van der Waals surface area contributed by atoms with Gasteiger partial charge in [-0.05, 0) is 44.7 Å². The molecule has 1 saturated heterocycles. The van der Waals surface area contributed by atoms with Crippen molar-refractivity contribution >= 4 is 15.5 Å². The van der Waals surface area contributed by atoms with Gasteiger partial charge in [-0.15, -0.1) is 0 Å². The molecular formula is C14H21NO2S. The number of sulfone groups is 1. The maximum Gasteiger partial charge on any atom is 0.152 e. The highest BCUT2D eigenvalue weighted by molar-refractivity contribution is 7.91. The molecule has 0 radical (unpaired) electrons. The van der Waals surface area contributed by atoms with Crippen molar-refractivity contribution in [1.82, 2.24) is 0 Å². The average Bonchev–Trinajstić information content (AvgIpc) is 2.22. The highest BCUT2D eigenvalue weighted by Gasteiger charge is 2.25. The van der Waals surface area contributed by atoms with E-state index in [1.54, 1.807) is 0 Å². The summed E-state index contributed by atoms with van der Waals surface area (Å²) >= 11 is 0. The second kappa shape index (κ2) is 4.92. The van der Waals surface area contributed by atoms with Crippen molar-refractivity contribution in [3.63, 3.8) is 0 Å². The maximum atomic E-state index is 11.6. The molecule has 18 heavy (non-hydrogen) atoms. The molecule has 1 aromatic carbocycles. The molecule has 1 fully saturated rings. The van der Waals surface area contributed by atoms with Gasteiger partial charge in [-0.25, -0.2) is 8.42 Å². The highest BCUT2D eigenvalue weighted by Crippen LogP contribution is 2.25. The molecule has 1 atom stereocenters. The van der Waals surface area contributed by atoms with Crippen LogP contribution in [0, 0.1) is 20.8 Å². The Morgan fingerprint density at radius 2 is 1.78 bits per heavy atom. The molecule has 0 saturated carbocycles. The van der Waals surface area contributed by atoms with E-state index in [1.165, 1.54) is 16.7 Å². The van der Waals surface area contributed by atoms with Gasteiger partial charge >= 0.3 is 0 Å². The topological polar surface area (TPSA) is 46.2 Å². The molecule has 1 unspecified atom stereocenters. The smallest absolute Gasteiger partial charge is 0.152 e. The molecular weight excluding hydrogens is 246 g/mol. The van der Waals surface area contributed by atoms with Crippen LogP contribution in [0.2, 0.25) is 0 Å². The zero-order chi connectivity index (χ0) is 13.3. The van der Waals surface area contributed by atoms with Crippen molar-refractivity contribution in [1.29, 1.82) is 0 Å². The van der Waals surface area contributed by atoms with Gasteiger partial charge in [0, 0.05) is 11.7 Å². The van der Waals surface area contributed by atoms with Gasteiger partial charge < -0.3 is 5.32 Å². The Morgan fingerprint density at radius 3 is 2.33 bits per heavy atom. The fraction of sp³-hybridized carbons (Fsp3) is 0.571. The zero-order valence-electron chi connectivity index (χ0n) is 11.3. The van der Waals surface area contributed by atoms with Crippen molar-refractivity contribution < 1.29 is 8.42 Å². The van der Waals surface area contributed by atoms with Crippen LogP contribution in [-0.4, -0.2) is 26.0 Å². The van der Waals surface area contributed by atoms with Gasteiger partial charge in [0.2, 0.25) is 0 Å². The summed E-state index contributed by atoms with van der Waals surface area (Å²) in [5.74, 6) is 0.608. The van der Waals surface area contributed by atoms with Crippen molar-refractivity contribution in [3.8, 4) is 0 Å². The Balaban J connectivity index is 2.19. The van der Waals surface area contributed by atoms with Gasteiger partial charge in [0.1, 0.15) is 0 Å². The van der Waals surface area contributed by atoms with Gasteiger partial charge in [-0.1, -0.05) is 17.7 Å². The van der Waals surface area contributed by atoms with Gasteiger partial charge in [0.25, 0.3) is 0 Å². The quantitative estimate of drug-likeness (QED) is 0.896. The molecule has 1 aliphatic rings. The normalized spacial score (nSPS) is 22.7. The van der Waals surface area contributed by atoms with E-state index in [0.29, 0.717) is 5.75 Å². The molecule has 4 heteroatoms. The van der Waals surface area contributed by atoms with Crippen LogP contribution >= 0.6 is 0 Å². The SMILES string of the molecule is Cc1cc(C)c(NC2CCCS(=O)(=O)C2)c(C)c1. The fourth-order valence-corrected chi connectivity index (χ4v) is 4.38. The molecule has 0 spiro atoms. The van der Waals surface area contributed by atoms with Crippen LogP contribution in [0.1, 0.15) is 29.5 Å². The molecule has 1 aliphatic heterocycles. The lowest BCUT2D eigenvalue weighted by Crippen LogP contribution is -2.35. The number of aryl methyl sites for hydroxylation is 3. The van der Waals surface area contributed by atoms with E-state index >= 15 is 0 Å². The lowest BCUT2D eigenvalue weighted by molar-refractivity contribution is 0.562. The first-order chi connectivity index (χ1) is 8.37. The predicted molar refractivity (Wildman–Crippen MR) is 76.0 cm³/mol. The lowest BCUT2D eigenvalue weighted by atomic mass is 10.0. The summed E-state index contributed by atoms with van der Waals surface area (Å²) in [6, 6.07) is 4.32. The molecule has 2 rings (SSSR count). The summed E-state index contributed by atoms with van der Waals surface area (Å²) in [6.07, 6.45) is 1.70.